The number of hydrogen-bond donors (Lipinski definition) is 6. The standard InChI is InChI=1S/C74H145NO8/c1-3-5-7-9-11-13-15-17-19-21-23-25-27-29-30-31-32-33-34-35-36-37-38-40-42-44-46-48-50-52-54-56-58-60-62-64-70(78)75-67(66-82-74-73(81)72(80)71(79)69(65-76)83-74)68(77)63-61-59-57-55-53-51-49-47-45-43-41-39-28-26-24-22-20-18-16-14-12-10-8-6-4-2/h31-32,67-69,71-74,76-77,79-81H,3-30,33-66H2,1-2H3,(H,75,78)/b32-31-. The van der Waals surface area contributed by atoms with Crippen molar-refractivity contribution in [3.05, 3.63) is 12.2 Å². The van der Waals surface area contributed by atoms with Crippen molar-refractivity contribution in [3.63, 3.8) is 0 Å². The second-order valence-corrected chi connectivity index (χ2v) is 26.5. The van der Waals surface area contributed by atoms with Crippen LogP contribution in [0.3, 0.4) is 0 Å². The number of aliphatic hydroxyl groups excluding tert-OH is 5. The molecule has 0 aliphatic carbocycles. The highest BCUT2D eigenvalue weighted by Gasteiger charge is 2.44. The van der Waals surface area contributed by atoms with Gasteiger partial charge in [0.1, 0.15) is 24.4 Å². The first-order chi connectivity index (χ1) is 40.8. The van der Waals surface area contributed by atoms with Crippen molar-refractivity contribution >= 4 is 5.91 Å². The van der Waals surface area contributed by atoms with Crippen LogP contribution in [0, 0.1) is 0 Å². The van der Waals surface area contributed by atoms with E-state index in [2.05, 4.69) is 31.3 Å². The highest BCUT2D eigenvalue weighted by Crippen LogP contribution is 2.24. The van der Waals surface area contributed by atoms with Gasteiger partial charge < -0.3 is 40.3 Å². The summed E-state index contributed by atoms with van der Waals surface area (Å²) < 4.78 is 11.4. The second-order valence-electron chi connectivity index (χ2n) is 26.5. The largest absolute Gasteiger partial charge is 0.394 e. The maximum Gasteiger partial charge on any atom is 0.220 e. The zero-order valence-electron chi connectivity index (χ0n) is 55.5. The van der Waals surface area contributed by atoms with Crippen LogP contribution in [-0.4, -0.2) is 87.5 Å². The molecule has 0 spiro atoms. The van der Waals surface area contributed by atoms with Gasteiger partial charge >= 0.3 is 0 Å². The van der Waals surface area contributed by atoms with Gasteiger partial charge in [0.15, 0.2) is 6.29 Å². The molecule has 1 rings (SSSR count). The first-order valence-corrected chi connectivity index (χ1v) is 37.4. The third-order valence-electron chi connectivity index (χ3n) is 18.4. The van der Waals surface area contributed by atoms with Crippen molar-refractivity contribution in [3.8, 4) is 0 Å². The van der Waals surface area contributed by atoms with Crippen LogP contribution in [0.2, 0.25) is 0 Å². The Hall–Kier alpha value is -1.07. The summed E-state index contributed by atoms with van der Waals surface area (Å²) in [6, 6.07) is -0.717. The number of aliphatic hydroxyl groups is 5. The fourth-order valence-electron chi connectivity index (χ4n) is 12.5. The normalized spacial score (nSPS) is 18.2. The molecule has 9 heteroatoms. The van der Waals surface area contributed by atoms with Gasteiger partial charge in [-0.3, -0.25) is 4.79 Å². The number of unbranched alkanes of at least 4 members (excludes halogenated alkanes) is 55. The van der Waals surface area contributed by atoms with Crippen LogP contribution in [-0.2, 0) is 14.3 Å². The maximum absolute atomic E-state index is 13.2. The number of nitrogens with one attached hydrogen (secondary N) is 1. The minimum atomic E-state index is -1.55. The van der Waals surface area contributed by atoms with Crippen molar-refractivity contribution in [1.29, 1.82) is 0 Å². The van der Waals surface area contributed by atoms with Gasteiger partial charge in [0.2, 0.25) is 5.91 Å². The summed E-state index contributed by atoms with van der Waals surface area (Å²) in [4.78, 5) is 13.2. The number of carbonyl (C=O) groups is 1. The van der Waals surface area contributed by atoms with Crippen LogP contribution in [0.5, 0.6) is 0 Å². The minimum Gasteiger partial charge on any atom is -0.394 e. The number of hydrogen-bond acceptors (Lipinski definition) is 8. The topological polar surface area (TPSA) is 149 Å². The molecule has 7 unspecified atom stereocenters. The molecule has 0 bridgehead atoms. The van der Waals surface area contributed by atoms with E-state index < -0.39 is 49.5 Å². The van der Waals surface area contributed by atoms with E-state index in [-0.39, 0.29) is 12.5 Å². The van der Waals surface area contributed by atoms with Gasteiger partial charge in [0.05, 0.1) is 25.4 Å². The Morgan fingerprint density at radius 1 is 0.398 bits per heavy atom. The first kappa shape index (κ1) is 79.9. The van der Waals surface area contributed by atoms with Crippen molar-refractivity contribution in [1.82, 2.24) is 5.32 Å². The molecule has 0 saturated carbocycles. The zero-order valence-corrected chi connectivity index (χ0v) is 55.5. The average molecular weight is 1180 g/mol. The highest BCUT2D eigenvalue weighted by molar-refractivity contribution is 5.76. The van der Waals surface area contributed by atoms with Gasteiger partial charge in [-0.1, -0.05) is 366 Å². The van der Waals surface area contributed by atoms with Gasteiger partial charge in [-0.2, -0.15) is 0 Å². The Bertz CT molecular complexity index is 1320. The Kier molecular flexibility index (Phi) is 61.6. The Balaban J connectivity index is 2.06. The SMILES string of the molecule is CCCCCCCCCCCCCCCC/C=C\CCCCCCCCCCCCCCCCCCCC(=O)NC(COC1OC(CO)C(O)C(O)C1O)C(O)CCCCCCCCCCCCCCCCCCCCCCCCCCC. The Labute approximate surface area is 516 Å². The maximum atomic E-state index is 13.2. The Morgan fingerprint density at radius 2 is 0.675 bits per heavy atom. The van der Waals surface area contributed by atoms with Crippen LogP contribution >= 0.6 is 0 Å². The van der Waals surface area contributed by atoms with Crippen molar-refractivity contribution in [2.45, 2.75) is 442 Å². The summed E-state index contributed by atoms with van der Waals surface area (Å²) in [5.41, 5.74) is 0. The number of ether oxygens (including phenoxy) is 2. The van der Waals surface area contributed by atoms with E-state index in [1.165, 1.54) is 334 Å². The van der Waals surface area contributed by atoms with E-state index in [0.717, 1.165) is 38.5 Å². The van der Waals surface area contributed by atoms with E-state index in [1.807, 2.05) is 0 Å². The zero-order chi connectivity index (χ0) is 60.0. The second kappa shape index (κ2) is 63.9. The van der Waals surface area contributed by atoms with E-state index in [1.54, 1.807) is 0 Å². The number of amides is 1. The van der Waals surface area contributed by atoms with E-state index in [4.69, 9.17) is 9.47 Å². The van der Waals surface area contributed by atoms with E-state index in [9.17, 15) is 30.3 Å². The minimum absolute atomic E-state index is 0.132. The van der Waals surface area contributed by atoms with Crippen LogP contribution in [0.25, 0.3) is 0 Å². The summed E-state index contributed by atoms with van der Waals surface area (Å²) >= 11 is 0. The lowest BCUT2D eigenvalue weighted by molar-refractivity contribution is -0.302. The van der Waals surface area contributed by atoms with Gasteiger partial charge in [-0.15, -0.1) is 0 Å². The smallest absolute Gasteiger partial charge is 0.220 e. The molecule has 1 heterocycles. The lowest BCUT2D eigenvalue weighted by atomic mass is 9.99. The predicted octanol–water partition coefficient (Wildman–Crippen LogP) is 20.7. The summed E-state index contributed by atoms with van der Waals surface area (Å²) in [7, 11) is 0. The van der Waals surface area contributed by atoms with Crippen LogP contribution in [0.1, 0.15) is 399 Å². The highest BCUT2D eigenvalue weighted by atomic mass is 16.7. The lowest BCUT2D eigenvalue weighted by Gasteiger charge is -2.40. The van der Waals surface area contributed by atoms with E-state index in [0.29, 0.717) is 12.8 Å². The number of allylic oxidation sites excluding steroid dienone is 2. The molecule has 494 valence electrons. The van der Waals surface area contributed by atoms with Crippen LogP contribution in [0.4, 0.5) is 0 Å². The summed E-state index contributed by atoms with van der Waals surface area (Å²) in [5, 5.41) is 55.0. The van der Waals surface area contributed by atoms with Gasteiger partial charge in [0.25, 0.3) is 0 Å². The molecule has 9 nitrogen and oxygen atoms in total. The molecular formula is C74H145NO8. The molecule has 0 radical (unpaired) electrons. The molecular weight excluding hydrogens is 1030 g/mol. The summed E-state index contributed by atoms with van der Waals surface area (Å²) in [5.74, 6) is -0.134. The fraction of sp³-hybridized carbons (Fsp3) is 0.959. The Morgan fingerprint density at radius 3 is 0.976 bits per heavy atom. The molecule has 0 aromatic heterocycles. The molecule has 1 amide bonds. The number of rotatable bonds is 67. The predicted molar refractivity (Wildman–Crippen MR) is 355 cm³/mol. The molecule has 1 aliphatic rings. The average Bonchev–Trinajstić information content (AvgIpc) is 3.60. The fourth-order valence-corrected chi connectivity index (χ4v) is 12.5. The van der Waals surface area contributed by atoms with Crippen molar-refractivity contribution in [2.24, 2.45) is 0 Å². The molecule has 1 saturated heterocycles. The quantitative estimate of drug-likeness (QED) is 0.0261. The van der Waals surface area contributed by atoms with Gasteiger partial charge in [0, 0.05) is 6.42 Å². The third kappa shape index (κ3) is 52.6. The first-order valence-electron chi connectivity index (χ1n) is 37.4. The van der Waals surface area contributed by atoms with Crippen LogP contribution in [0.15, 0.2) is 12.2 Å². The van der Waals surface area contributed by atoms with Crippen molar-refractivity contribution in [2.75, 3.05) is 13.2 Å². The van der Waals surface area contributed by atoms with E-state index >= 15 is 0 Å². The monoisotopic (exact) mass is 1180 g/mol. The van der Waals surface area contributed by atoms with Crippen molar-refractivity contribution < 1.29 is 39.8 Å². The molecule has 1 fully saturated rings. The van der Waals surface area contributed by atoms with Crippen LogP contribution < -0.4 is 5.32 Å². The van der Waals surface area contributed by atoms with Gasteiger partial charge in [-0.25, -0.2) is 0 Å². The molecule has 7 atom stereocenters. The molecule has 0 aromatic rings. The lowest BCUT2D eigenvalue weighted by Crippen LogP contribution is -2.60. The summed E-state index contributed by atoms with van der Waals surface area (Å²) in [6.45, 7) is 3.91. The third-order valence-corrected chi connectivity index (χ3v) is 18.4. The molecule has 83 heavy (non-hydrogen) atoms. The molecule has 1 aliphatic heterocycles. The number of carbonyl (C=O) groups excluding carboxylic acids is 1. The molecule has 6 N–H and O–H groups in total. The summed E-state index contributed by atoms with van der Waals surface area (Å²) in [6.07, 6.45) is 75.9. The van der Waals surface area contributed by atoms with Gasteiger partial charge in [-0.05, 0) is 38.5 Å². The molecule has 0 aromatic carbocycles.